The third-order valence-corrected chi connectivity index (χ3v) is 3.71. The van der Waals surface area contributed by atoms with Crippen LogP contribution in [0.15, 0.2) is 29.2 Å². The van der Waals surface area contributed by atoms with Crippen LogP contribution in [0.1, 0.15) is 26.3 Å². The van der Waals surface area contributed by atoms with Crippen molar-refractivity contribution in [1.29, 1.82) is 0 Å². The van der Waals surface area contributed by atoms with Crippen LogP contribution >= 0.6 is 11.8 Å². The van der Waals surface area contributed by atoms with Gasteiger partial charge in [0.2, 0.25) is 0 Å². The van der Waals surface area contributed by atoms with E-state index in [0.29, 0.717) is 0 Å². The standard InChI is InChI=1S/C13H17NO2S/c1-13(2,3)16-14-12(15)11-8-9-6-4-5-7-10(9)17-11/h4-7,11H,8H2,1-3H3,(H,14,15). The van der Waals surface area contributed by atoms with Crippen LogP contribution in [0.25, 0.3) is 0 Å². The van der Waals surface area contributed by atoms with E-state index >= 15 is 0 Å². The van der Waals surface area contributed by atoms with Gasteiger partial charge in [0.05, 0.1) is 10.9 Å². The first-order chi connectivity index (χ1) is 7.96. The maximum Gasteiger partial charge on any atom is 0.257 e. The minimum Gasteiger partial charge on any atom is -0.271 e. The molecule has 1 aliphatic heterocycles. The highest BCUT2D eigenvalue weighted by molar-refractivity contribution is 8.01. The van der Waals surface area contributed by atoms with E-state index in [-0.39, 0.29) is 16.8 Å². The zero-order valence-electron chi connectivity index (χ0n) is 10.3. The van der Waals surface area contributed by atoms with Gasteiger partial charge in [-0.2, -0.15) is 0 Å². The molecular weight excluding hydrogens is 234 g/mol. The number of hydrogen-bond donors (Lipinski definition) is 1. The molecule has 0 fully saturated rings. The molecule has 4 heteroatoms. The van der Waals surface area contributed by atoms with Crippen molar-refractivity contribution in [2.75, 3.05) is 0 Å². The van der Waals surface area contributed by atoms with E-state index in [0.717, 1.165) is 6.42 Å². The van der Waals surface area contributed by atoms with Gasteiger partial charge >= 0.3 is 0 Å². The predicted molar refractivity (Wildman–Crippen MR) is 68.8 cm³/mol. The van der Waals surface area contributed by atoms with Gasteiger partial charge in [-0.3, -0.25) is 9.63 Å². The summed E-state index contributed by atoms with van der Waals surface area (Å²) in [7, 11) is 0. The van der Waals surface area contributed by atoms with E-state index in [4.69, 9.17) is 4.84 Å². The van der Waals surface area contributed by atoms with Gasteiger partial charge in [0.15, 0.2) is 0 Å². The molecule has 0 bridgehead atoms. The first-order valence-electron chi connectivity index (χ1n) is 5.68. The lowest BCUT2D eigenvalue weighted by Crippen LogP contribution is -2.38. The highest BCUT2D eigenvalue weighted by Crippen LogP contribution is 2.36. The van der Waals surface area contributed by atoms with E-state index < -0.39 is 0 Å². The van der Waals surface area contributed by atoms with E-state index in [1.54, 1.807) is 11.8 Å². The maximum atomic E-state index is 11.9. The molecule has 0 aromatic heterocycles. The third kappa shape index (κ3) is 3.23. The van der Waals surface area contributed by atoms with Crippen LogP contribution in [0.4, 0.5) is 0 Å². The Morgan fingerprint density at radius 1 is 1.41 bits per heavy atom. The first kappa shape index (κ1) is 12.5. The predicted octanol–water partition coefficient (Wildman–Crippen LogP) is 2.55. The Hall–Kier alpha value is -1.00. The summed E-state index contributed by atoms with van der Waals surface area (Å²) in [6, 6.07) is 8.13. The number of rotatable bonds is 2. The van der Waals surface area contributed by atoms with E-state index in [9.17, 15) is 4.79 Å². The molecule has 1 unspecified atom stereocenters. The second-order valence-electron chi connectivity index (χ2n) is 5.10. The molecule has 0 saturated heterocycles. The molecule has 3 nitrogen and oxygen atoms in total. The zero-order valence-corrected chi connectivity index (χ0v) is 11.1. The molecule has 0 aliphatic carbocycles. The van der Waals surface area contributed by atoms with Gasteiger partial charge in [0.25, 0.3) is 5.91 Å². The van der Waals surface area contributed by atoms with Crippen LogP contribution in [0.5, 0.6) is 0 Å². The van der Waals surface area contributed by atoms with Crippen molar-refractivity contribution in [3.8, 4) is 0 Å². The van der Waals surface area contributed by atoms with Crippen molar-refractivity contribution in [3.05, 3.63) is 29.8 Å². The molecule has 17 heavy (non-hydrogen) atoms. The fraction of sp³-hybridized carbons (Fsp3) is 0.462. The summed E-state index contributed by atoms with van der Waals surface area (Å²) in [5, 5.41) is -0.0743. The molecular formula is C13H17NO2S. The van der Waals surface area contributed by atoms with E-state index in [1.165, 1.54) is 10.5 Å². The van der Waals surface area contributed by atoms with Crippen LogP contribution < -0.4 is 5.48 Å². The van der Waals surface area contributed by atoms with Crippen LogP contribution in [0, 0.1) is 0 Å². The van der Waals surface area contributed by atoms with E-state index in [1.807, 2.05) is 32.9 Å². The minimum absolute atomic E-state index is 0.0545. The fourth-order valence-electron chi connectivity index (χ4n) is 1.60. The van der Waals surface area contributed by atoms with Gasteiger partial charge in [-0.25, -0.2) is 5.48 Å². The molecule has 0 saturated carbocycles. The van der Waals surface area contributed by atoms with Crippen molar-refractivity contribution < 1.29 is 9.63 Å². The minimum atomic E-state index is -0.355. The van der Waals surface area contributed by atoms with Gasteiger partial charge in [-0.05, 0) is 38.8 Å². The van der Waals surface area contributed by atoms with Crippen LogP contribution in [-0.2, 0) is 16.1 Å². The number of thioether (sulfide) groups is 1. The molecule has 1 N–H and O–H groups in total. The van der Waals surface area contributed by atoms with E-state index in [2.05, 4.69) is 17.6 Å². The monoisotopic (exact) mass is 251 g/mol. The van der Waals surface area contributed by atoms with Crippen LogP contribution in [0.3, 0.4) is 0 Å². The molecule has 1 atom stereocenters. The normalized spacial score (nSPS) is 18.9. The lowest BCUT2D eigenvalue weighted by Gasteiger charge is -2.20. The smallest absolute Gasteiger partial charge is 0.257 e. The van der Waals surface area contributed by atoms with Crippen LogP contribution in [-0.4, -0.2) is 16.8 Å². The molecule has 0 radical (unpaired) electrons. The Morgan fingerprint density at radius 3 is 2.76 bits per heavy atom. The van der Waals surface area contributed by atoms with Crippen molar-refractivity contribution in [2.24, 2.45) is 0 Å². The van der Waals surface area contributed by atoms with Gasteiger partial charge < -0.3 is 0 Å². The molecule has 1 aromatic rings. The van der Waals surface area contributed by atoms with Crippen LogP contribution in [0.2, 0.25) is 0 Å². The largest absolute Gasteiger partial charge is 0.271 e. The van der Waals surface area contributed by atoms with Crippen molar-refractivity contribution in [1.82, 2.24) is 5.48 Å². The Morgan fingerprint density at radius 2 is 2.12 bits per heavy atom. The number of benzene rings is 1. The Balaban J connectivity index is 1.92. The number of nitrogens with one attached hydrogen (secondary N) is 1. The van der Waals surface area contributed by atoms with Gasteiger partial charge in [0.1, 0.15) is 0 Å². The highest BCUT2D eigenvalue weighted by Gasteiger charge is 2.28. The quantitative estimate of drug-likeness (QED) is 0.821. The zero-order chi connectivity index (χ0) is 12.5. The number of fused-ring (bicyclic) bond motifs is 1. The lowest BCUT2D eigenvalue weighted by atomic mass is 10.1. The summed E-state index contributed by atoms with van der Waals surface area (Å²) in [6.07, 6.45) is 0.778. The summed E-state index contributed by atoms with van der Waals surface area (Å²) < 4.78 is 0. The van der Waals surface area contributed by atoms with Crippen molar-refractivity contribution >= 4 is 17.7 Å². The summed E-state index contributed by atoms with van der Waals surface area (Å²) in [6.45, 7) is 5.72. The number of hydroxylamine groups is 1. The Bertz CT molecular complexity index is 401. The molecule has 92 valence electrons. The molecule has 1 amide bonds. The van der Waals surface area contributed by atoms with Crippen molar-refractivity contribution in [3.63, 3.8) is 0 Å². The number of carbonyl (C=O) groups excluding carboxylic acids is 1. The molecule has 1 heterocycles. The van der Waals surface area contributed by atoms with Gasteiger partial charge in [-0.1, -0.05) is 18.2 Å². The SMILES string of the molecule is CC(C)(C)ONC(=O)C1Cc2ccccc2S1. The molecule has 2 rings (SSSR count). The van der Waals surface area contributed by atoms with Gasteiger partial charge in [-0.15, -0.1) is 11.8 Å². The second-order valence-corrected chi connectivity index (χ2v) is 6.34. The number of carbonyl (C=O) groups is 1. The third-order valence-electron chi connectivity index (χ3n) is 2.40. The number of hydrogen-bond acceptors (Lipinski definition) is 3. The summed E-state index contributed by atoms with van der Waals surface area (Å²) in [5.74, 6) is -0.0545. The molecule has 1 aromatic carbocycles. The number of amides is 1. The fourth-order valence-corrected chi connectivity index (χ4v) is 2.78. The molecule has 1 aliphatic rings. The van der Waals surface area contributed by atoms with Crippen molar-refractivity contribution in [2.45, 2.75) is 42.9 Å². The lowest BCUT2D eigenvalue weighted by molar-refractivity contribution is -0.144. The highest BCUT2D eigenvalue weighted by atomic mass is 32.2. The average molecular weight is 251 g/mol. The molecule has 0 spiro atoms. The summed E-state index contributed by atoms with van der Waals surface area (Å²) in [5.41, 5.74) is 3.43. The topological polar surface area (TPSA) is 38.3 Å². The Labute approximate surface area is 106 Å². The van der Waals surface area contributed by atoms with Gasteiger partial charge in [0, 0.05) is 4.90 Å². The Kier molecular flexibility index (Phi) is 3.45. The summed E-state index contributed by atoms with van der Waals surface area (Å²) >= 11 is 1.60. The average Bonchev–Trinajstić information content (AvgIpc) is 2.68. The second kappa shape index (κ2) is 4.70. The summed E-state index contributed by atoms with van der Waals surface area (Å²) in [4.78, 5) is 18.4. The first-order valence-corrected chi connectivity index (χ1v) is 6.56. The maximum absolute atomic E-state index is 11.9.